The lowest BCUT2D eigenvalue weighted by molar-refractivity contribution is 0.475. The Morgan fingerprint density at radius 3 is 2.08 bits per heavy atom. The largest absolute Gasteiger partial charge is 0.508 e. The molecule has 0 spiro atoms. The maximum Gasteiger partial charge on any atom is 0.261 e. The quantitative estimate of drug-likeness (QED) is 0.523. The van der Waals surface area contributed by atoms with E-state index in [1.807, 2.05) is 37.2 Å². The van der Waals surface area contributed by atoms with Gasteiger partial charge in [-0.1, -0.05) is 30.3 Å². The van der Waals surface area contributed by atoms with E-state index in [-0.39, 0.29) is 10.6 Å². The number of phenols is 1. The molecular formula is C18H19ClN2O3S. The van der Waals surface area contributed by atoms with Crippen LogP contribution in [-0.4, -0.2) is 27.6 Å². The number of hydrogen-bond donors (Lipinski definition) is 2. The van der Waals surface area contributed by atoms with Crippen LogP contribution in [0.3, 0.4) is 0 Å². The van der Waals surface area contributed by atoms with Crippen LogP contribution in [0, 0.1) is 0 Å². The fraction of sp³-hybridized carbons (Fsp3) is 0.111. The zero-order valence-electron chi connectivity index (χ0n) is 13.8. The molecule has 0 fully saturated rings. The van der Waals surface area contributed by atoms with Gasteiger partial charge in [-0.2, -0.15) is 0 Å². The van der Waals surface area contributed by atoms with Crippen molar-refractivity contribution in [2.24, 2.45) is 0 Å². The third-order valence-electron chi connectivity index (χ3n) is 3.47. The monoisotopic (exact) mass is 378 g/mol. The van der Waals surface area contributed by atoms with Gasteiger partial charge < -0.3 is 15.7 Å². The highest BCUT2D eigenvalue weighted by atomic mass is 35.7. The second kappa shape index (κ2) is 7.63. The molecule has 0 unspecified atom stereocenters. The summed E-state index contributed by atoms with van der Waals surface area (Å²) < 4.78 is 23.0. The van der Waals surface area contributed by atoms with Crippen molar-refractivity contribution in [2.75, 3.05) is 24.7 Å². The Bertz CT molecular complexity index is 971. The Balaban J connectivity index is 0.000000236. The molecule has 3 aromatic carbocycles. The molecule has 0 aliphatic carbocycles. The zero-order chi connectivity index (χ0) is 18.6. The number of phenolic OH excluding ortho intramolecular Hbond substituents is 1. The van der Waals surface area contributed by atoms with Crippen LogP contribution in [0.1, 0.15) is 0 Å². The first-order valence-electron chi connectivity index (χ1n) is 7.38. The summed E-state index contributed by atoms with van der Waals surface area (Å²) in [5.74, 6) is 0.213. The van der Waals surface area contributed by atoms with E-state index in [9.17, 15) is 8.42 Å². The van der Waals surface area contributed by atoms with Gasteiger partial charge >= 0.3 is 0 Å². The summed E-state index contributed by atoms with van der Waals surface area (Å²) in [6, 6.07) is 17.1. The molecule has 0 aliphatic heterocycles. The number of aromatic hydroxyl groups is 1. The number of rotatable bonds is 2. The van der Waals surface area contributed by atoms with Crippen molar-refractivity contribution >= 4 is 41.9 Å². The molecule has 3 rings (SSSR count). The van der Waals surface area contributed by atoms with E-state index in [2.05, 4.69) is 0 Å². The molecule has 0 aromatic heterocycles. The van der Waals surface area contributed by atoms with E-state index in [0.717, 1.165) is 11.1 Å². The molecule has 3 N–H and O–H groups in total. The molecule has 0 bridgehead atoms. The van der Waals surface area contributed by atoms with Crippen molar-refractivity contribution < 1.29 is 13.5 Å². The van der Waals surface area contributed by atoms with Crippen molar-refractivity contribution in [1.82, 2.24) is 0 Å². The minimum absolute atomic E-state index is 0.153. The first-order chi connectivity index (χ1) is 11.7. The Morgan fingerprint density at radius 2 is 1.56 bits per heavy atom. The highest BCUT2D eigenvalue weighted by molar-refractivity contribution is 8.14. The SMILES string of the molecule is CN(C)c1cccc2c(S(=O)(=O)Cl)cccc12.Nc1cccc(O)c1. The van der Waals surface area contributed by atoms with Crippen LogP contribution < -0.4 is 10.6 Å². The number of hydrogen-bond acceptors (Lipinski definition) is 5. The number of benzene rings is 3. The van der Waals surface area contributed by atoms with Crippen molar-refractivity contribution in [3.63, 3.8) is 0 Å². The summed E-state index contributed by atoms with van der Waals surface area (Å²) in [5, 5.41) is 10.3. The summed E-state index contributed by atoms with van der Waals surface area (Å²) in [4.78, 5) is 2.09. The van der Waals surface area contributed by atoms with Gasteiger partial charge in [0.15, 0.2) is 0 Å². The second-order valence-electron chi connectivity index (χ2n) is 5.56. The predicted octanol–water partition coefficient (Wildman–Crippen LogP) is 3.81. The van der Waals surface area contributed by atoms with E-state index in [1.165, 1.54) is 12.1 Å². The summed E-state index contributed by atoms with van der Waals surface area (Å²) >= 11 is 0. The van der Waals surface area contributed by atoms with Gasteiger partial charge in [0.25, 0.3) is 9.05 Å². The highest BCUT2D eigenvalue weighted by Gasteiger charge is 2.15. The summed E-state index contributed by atoms with van der Waals surface area (Å²) in [6.07, 6.45) is 0. The van der Waals surface area contributed by atoms with Crippen LogP contribution in [0.5, 0.6) is 5.75 Å². The fourth-order valence-electron chi connectivity index (χ4n) is 2.39. The number of nitrogens with two attached hydrogens (primary N) is 1. The number of fused-ring (bicyclic) bond motifs is 1. The average Bonchev–Trinajstić information content (AvgIpc) is 2.53. The Kier molecular flexibility index (Phi) is 5.77. The van der Waals surface area contributed by atoms with E-state index in [1.54, 1.807) is 30.3 Å². The first-order valence-corrected chi connectivity index (χ1v) is 9.69. The molecule has 0 saturated carbocycles. The molecule has 0 saturated heterocycles. The summed E-state index contributed by atoms with van der Waals surface area (Å²) in [7, 11) is 5.54. The average molecular weight is 379 g/mol. The molecule has 7 heteroatoms. The third kappa shape index (κ3) is 4.78. The maximum absolute atomic E-state index is 11.5. The van der Waals surface area contributed by atoms with Gasteiger partial charge in [0.2, 0.25) is 0 Å². The molecule has 3 aromatic rings. The maximum atomic E-state index is 11.5. The van der Waals surface area contributed by atoms with Crippen molar-refractivity contribution in [3.05, 3.63) is 60.7 Å². The summed E-state index contributed by atoms with van der Waals surface area (Å²) in [5.41, 5.74) is 6.85. The van der Waals surface area contributed by atoms with Gasteiger partial charge in [-0.25, -0.2) is 8.42 Å². The van der Waals surface area contributed by atoms with Crippen molar-refractivity contribution in [2.45, 2.75) is 4.90 Å². The van der Waals surface area contributed by atoms with E-state index < -0.39 is 9.05 Å². The molecule has 0 amide bonds. The third-order valence-corrected chi connectivity index (χ3v) is 4.85. The minimum atomic E-state index is -3.72. The van der Waals surface area contributed by atoms with Crippen LogP contribution in [0.15, 0.2) is 65.6 Å². The number of nitrogens with zero attached hydrogens (tertiary/aromatic N) is 1. The molecule has 0 radical (unpaired) electrons. The van der Waals surface area contributed by atoms with Crippen LogP contribution in [0.25, 0.3) is 10.8 Å². The lowest BCUT2D eigenvalue weighted by Crippen LogP contribution is -2.09. The van der Waals surface area contributed by atoms with Gasteiger partial charge in [0.05, 0.1) is 4.90 Å². The van der Waals surface area contributed by atoms with Crippen LogP contribution in [-0.2, 0) is 9.05 Å². The lowest BCUT2D eigenvalue weighted by Gasteiger charge is -2.16. The Morgan fingerprint density at radius 1 is 0.960 bits per heavy atom. The molecule has 0 heterocycles. The standard InChI is InChI=1S/C12H12ClNO2S.C6H7NO/c1-14(2)11-7-3-6-10-9(11)5-4-8-12(10)17(13,15)16;7-5-2-1-3-6(8)4-5/h3-8H,1-2H3;1-4,8H,7H2. The van der Waals surface area contributed by atoms with Gasteiger partial charge in [-0.3, -0.25) is 0 Å². The second-order valence-corrected chi connectivity index (χ2v) is 8.09. The smallest absolute Gasteiger partial charge is 0.261 e. The molecule has 132 valence electrons. The van der Waals surface area contributed by atoms with Gasteiger partial charge in [-0.05, 0) is 24.3 Å². The minimum Gasteiger partial charge on any atom is -0.508 e. The van der Waals surface area contributed by atoms with E-state index in [0.29, 0.717) is 11.1 Å². The van der Waals surface area contributed by atoms with Gasteiger partial charge in [0, 0.05) is 53.0 Å². The predicted molar refractivity (Wildman–Crippen MR) is 104 cm³/mol. The number of nitrogen functional groups attached to an aromatic ring is 1. The zero-order valence-corrected chi connectivity index (χ0v) is 15.4. The van der Waals surface area contributed by atoms with Crippen LogP contribution in [0.4, 0.5) is 11.4 Å². The number of anilines is 2. The molecule has 0 aliphatic rings. The van der Waals surface area contributed by atoms with Gasteiger partial charge in [-0.15, -0.1) is 0 Å². The topological polar surface area (TPSA) is 83.6 Å². The molecule has 0 atom stereocenters. The van der Waals surface area contributed by atoms with E-state index >= 15 is 0 Å². The van der Waals surface area contributed by atoms with Gasteiger partial charge in [0.1, 0.15) is 5.75 Å². The fourth-order valence-corrected chi connectivity index (χ4v) is 3.48. The lowest BCUT2D eigenvalue weighted by atomic mass is 10.1. The molecule has 25 heavy (non-hydrogen) atoms. The van der Waals surface area contributed by atoms with Crippen LogP contribution in [0.2, 0.25) is 0 Å². The van der Waals surface area contributed by atoms with Crippen LogP contribution >= 0.6 is 10.7 Å². The summed E-state index contributed by atoms with van der Waals surface area (Å²) in [6.45, 7) is 0. The number of halogens is 1. The first kappa shape index (κ1) is 18.9. The Labute approximate surface area is 151 Å². The Hall–Kier alpha value is -2.44. The van der Waals surface area contributed by atoms with Crippen molar-refractivity contribution in [1.29, 1.82) is 0 Å². The highest BCUT2D eigenvalue weighted by Crippen LogP contribution is 2.31. The van der Waals surface area contributed by atoms with Crippen molar-refractivity contribution in [3.8, 4) is 5.75 Å². The van der Waals surface area contributed by atoms with E-state index in [4.69, 9.17) is 21.5 Å². The molecular weight excluding hydrogens is 360 g/mol. The molecule has 5 nitrogen and oxygen atoms in total. The normalized spacial score (nSPS) is 10.8.